The lowest BCUT2D eigenvalue weighted by Crippen LogP contribution is -2.17. The summed E-state index contributed by atoms with van der Waals surface area (Å²) in [6.07, 6.45) is 0. The fourth-order valence-corrected chi connectivity index (χ4v) is 8.95. The van der Waals surface area contributed by atoms with Crippen molar-refractivity contribution >= 4 is 21.9 Å². The number of benzene rings is 8. The first-order chi connectivity index (χ1) is 28.5. The van der Waals surface area contributed by atoms with Gasteiger partial charge in [-0.1, -0.05) is 172 Å². The van der Waals surface area contributed by atoms with Crippen LogP contribution in [0.3, 0.4) is 0 Å². The predicted molar refractivity (Wildman–Crippen MR) is 237 cm³/mol. The highest BCUT2D eigenvalue weighted by Gasteiger charge is 2.38. The van der Waals surface area contributed by atoms with Gasteiger partial charge in [0.05, 0.1) is 0 Å². The van der Waals surface area contributed by atoms with Crippen LogP contribution in [0.15, 0.2) is 192 Å². The van der Waals surface area contributed by atoms with Gasteiger partial charge in [0.1, 0.15) is 11.2 Å². The van der Waals surface area contributed by atoms with E-state index in [9.17, 15) is 0 Å². The zero-order valence-electron chi connectivity index (χ0n) is 32.1. The summed E-state index contributed by atoms with van der Waals surface area (Å²) in [5, 5.41) is 1.99. The van der Waals surface area contributed by atoms with E-state index in [0.717, 1.165) is 55.3 Å². The third kappa shape index (κ3) is 5.56. The van der Waals surface area contributed by atoms with E-state index in [1.807, 2.05) is 30.3 Å². The Morgan fingerprint density at radius 3 is 1.59 bits per heavy atom. The molecule has 0 radical (unpaired) electrons. The maximum absolute atomic E-state index is 6.54. The molecule has 274 valence electrons. The standard InChI is InChI=1S/C54H37N3O/c1-54(2)46-27-10-9-23-41(46)42-24-13-26-44(50(42)54)53-56-51(35-17-7-4-8-18-35)55-52(57-53)43-25-14-28-48-49(43)45-33-40(29-30-47(45)58-48)39-22-12-21-38(32-39)37-20-11-19-36(31-37)34-15-5-3-6-16-34/h3-33H,1-2H3. The molecule has 0 fully saturated rings. The Hall–Kier alpha value is -7.43. The van der Waals surface area contributed by atoms with Gasteiger partial charge in [-0.3, -0.25) is 0 Å². The summed E-state index contributed by atoms with van der Waals surface area (Å²) < 4.78 is 6.54. The van der Waals surface area contributed by atoms with E-state index in [1.165, 1.54) is 38.9 Å². The summed E-state index contributed by atoms with van der Waals surface area (Å²) in [4.78, 5) is 15.7. The zero-order chi connectivity index (χ0) is 38.8. The molecule has 11 rings (SSSR count). The van der Waals surface area contributed by atoms with Gasteiger partial charge in [-0.15, -0.1) is 0 Å². The minimum atomic E-state index is -0.235. The molecule has 0 atom stereocenters. The van der Waals surface area contributed by atoms with Crippen molar-refractivity contribution < 1.29 is 4.42 Å². The Kier molecular flexibility index (Phi) is 7.80. The molecule has 4 nitrogen and oxygen atoms in total. The van der Waals surface area contributed by atoms with Crippen LogP contribution in [0.4, 0.5) is 0 Å². The number of aromatic nitrogens is 3. The Bertz CT molecular complexity index is 3200. The lowest BCUT2D eigenvalue weighted by atomic mass is 9.80. The van der Waals surface area contributed by atoms with Crippen molar-refractivity contribution in [2.24, 2.45) is 0 Å². The first-order valence-corrected chi connectivity index (χ1v) is 19.8. The molecule has 0 unspecified atom stereocenters. The molecule has 1 aliphatic carbocycles. The van der Waals surface area contributed by atoms with Crippen molar-refractivity contribution in [3.63, 3.8) is 0 Å². The van der Waals surface area contributed by atoms with Gasteiger partial charge in [-0.2, -0.15) is 0 Å². The highest BCUT2D eigenvalue weighted by Crippen LogP contribution is 2.52. The van der Waals surface area contributed by atoms with Crippen molar-refractivity contribution in [2.75, 3.05) is 0 Å². The zero-order valence-corrected chi connectivity index (χ0v) is 32.1. The van der Waals surface area contributed by atoms with Crippen LogP contribution in [0.1, 0.15) is 25.0 Å². The van der Waals surface area contributed by atoms with E-state index < -0.39 is 0 Å². The van der Waals surface area contributed by atoms with Crippen LogP contribution < -0.4 is 0 Å². The van der Waals surface area contributed by atoms with Gasteiger partial charge < -0.3 is 4.42 Å². The second kappa shape index (κ2) is 13.4. The summed E-state index contributed by atoms with van der Waals surface area (Å²) in [7, 11) is 0. The van der Waals surface area contributed by atoms with Crippen LogP contribution in [-0.4, -0.2) is 15.0 Å². The lowest BCUT2D eigenvalue weighted by molar-refractivity contribution is 0.661. The van der Waals surface area contributed by atoms with Gasteiger partial charge in [0, 0.05) is 32.9 Å². The SMILES string of the molecule is CC1(C)c2ccccc2-c2cccc(-c3nc(-c4ccccc4)nc(-c4cccc5oc6ccc(-c7cccc(-c8cccc(-c9ccccc9)c8)c7)cc6c45)n3)c21. The minimum absolute atomic E-state index is 0.235. The highest BCUT2D eigenvalue weighted by atomic mass is 16.3. The van der Waals surface area contributed by atoms with Crippen molar-refractivity contribution in [1.82, 2.24) is 15.0 Å². The average molecular weight is 744 g/mol. The largest absolute Gasteiger partial charge is 0.456 e. The van der Waals surface area contributed by atoms with Crippen LogP contribution in [-0.2, 0) is 5.41 Å². The fourth-order valence-electron chi connectivity index (χ4n) is 8.95. The smallest absolute Gasteiger partial charge is 0.164 e. The third-order valence-corrected chi connectivity index (χ3v) is 11.7. The lowest BCUT2D eigenvalue weighted by Gasteiger charge is -2.24. The summed E-state index contributed by atoms with van der Waals surface area (Å²) in [6, 6.07) is 66.1. The van der Waals surface area contributed by atoms with Crippen molar-refractivity contribution in [1.29, 1.82) is 0 Å². The molecule has 0 saturated heterocycles. The van der Waals surface area contributed by atoms with Crippen LogP contribution in [0.5, 0.6) is 0 Å². The maximum atomic E-state index is 6.54. The summed E-state index contributed by atoms with van der Waals surface area (Å²) >= 11 is 0. The molecule has 0 aliphatic heterocycles. The third-order valence-electron chi connectivity index (χ3n) is 11.7. The van der Waals surface area contributed by atoms with Gasteiger partial charge in [0.15, 0.2) is 17.5 Å². The van der Waals surface area contributed by atoms with Crippen LogP contribution in [0.2, 0.25) is 0 Å². The van der Waals surface area contributed by atoms with Crippen molar-refractivity contribution in [3.05, 3.63) is 199 Å². The molecular formula is C54H37N3O. The van der Waals surface area contributed by atoms with E-state index in [2.05, 4.69) is 172 Å². The molecule has 2 aromatic heterocycles. The first-order valence-electron chi connectivity index (χ1n) is 19.8. The van der Waals surface area contributed by atoms with Gasteiger partial charge in [0.25, 0.3) is 0 Å². The average Bonchev–Trinajstić information content (AvgIpc) is 3.78. The Labute approximate surface area is 337 Å². The molecular weight excluding hydrogens is 707 g/mol. The molecule has 2 heterocycles. The maximum Gasteiger partial charge on any atom is 0.164 e. The number of fused-ring (bicyclic) bond motifs is 6. The van der Waals surface area contributed by atoms with E-state index in [-0.39, 0.29) is 5.41 Å². The second-order valence-electron chi connectivity index (χ2n) is 15.6. The summed E-state index contributed by atoms with van der Waals surface area (Å²) in [5.41, 5.74) is 16.2. The van der Waals surface area contributed by atoms with Crippen LogP contribution in [0.25, 0.3) is 101 Å². The number of furan rings is 1. The number of hydrogen-bond acceptors (Lipinski definition) is 4. The molecule has 4 heteroatoms. The van der Waals surface area contributed by atoms with E-state index in [4.69, 9.17) is 19.4 Å². The van der Waals surface area contributed by atoms with Crippen molar-refractivity contribution in [3.8, 4) is 78.7 Å². The van der Waals surface area contributed by atoms with Crippen LogP contribution >= 0.6 is 0 Å². The monoisotopic (exact) mass is 743 g/mol. The van der Waals surface area contributed by atoms with Crippen LogP contribution in [0, 0.1) is 0 Å². The summed E-state index contributed by atoms with van der Waals surface area (Å²) in [5.74, 6) is 1.89. The summed E-state index contributed by atoms with van der Waals surface area (Å²) in [6.45, 7) is 4.60. The van der Waals surface area contributed by atoms with E-state index in [1.54, 1.807) is 0 Å². The minimum Gasteiger partial charge on any atom is -0.456 e. The Balaban J connectivity index is 1.06. The van der Waals surface area contributed by atoms with Crippen molar-refractivity contribution in [2.45, 2.75) is 19.3 Å². The molecule has 0 spiro atoms. The normalized spacial score (nSPS) is 12.8. The fraction of sp³-hybridized carbons (Fsp3) is 0.0556. The Morgan fingerprint density at radius 2 is 0.862 bits per heavy atom. The Morgan fingerprint density at radius 1 is 0.362 bits per heavy atom. The van der Waals surface area contributed by atoms with Gasteiger partial charge in [-0.05, 0) is 86.0 Å². The topological polar surface area (TPSA) is 51.8 Å². The highest BCUT2D eigenvalue weighted by molar-refractivity contribution is 6.13. The molecule has 0 amide bonds. The number of hydrogen-bond donors (Lipinski definition) is 0. The second-order valence-corrected chi connectivity index (χ2v) is 15.6. The molecule has 0 N–H and O–H groups in total. The predicted octanol–water partition coefficient (Wildman–Crippen LogP) is 14.1. The molecule has 8 aromatic carbocycles. The van der Waals surface area contributed by atoms with Gasteiger partial charge >= 0.3 is 0 Å². The molecule has 0 bridgehead atoms. The number of nitrogens with zero attached hydrogens (tertiary/aromatic N) is 3. The molecule has 58 heavy (non-hydrogen) atoms. The molecule has 0 saturated carbocycles. The quantitative estimate of drug-likeness (QED) is 0.170. The van der Waals surface area contributed by atoms with E-state index in [0.29, 0.717) is 17.5 Å². The van der Waals surface area contributed by atoms with Gasteiger partial charge in [0.2, 0.25) is 0 Å². The first kappa shape index (κ1) is 33.9. The number of rotatable bonds is 6. The molecule has 10 aromatic rings. The van der Waals surface area contributed by atoms with E-state index >= 15 is 0 Å². The molecule has 1 aliphatic rings. The van der Waals surface area contributed by atoms with Gasteiger partial charge in [-0.25, -0.2) is 15.0 Å².